The highest BCUT2D eigenvalue weighted by Gasteiger charge is 2.13. The molecule has 0 atom stereocenters. The smallest absolute Gasteiger partial charge is 0.337 e. The second kappa shape index (κ2) is 6.25. The molecule has 0 spiro atoms. The third kappa shape index (κ3) is 3.12. The Hall–Kier alpha value is -1.57. The summed E-state index contributed by atoms with van der Waals surface area (Å²) < 4.78 is 5.75. The van der Waals surface area contributed by atoms with E-state index >= 15 is 0 Å². The van der Waals surface area contributed by atoms with E-state index in [2.05, 4.69) is 32.9 Å². The van der Waals surface area contributed by atoms with E-state index < -0.39 is 0 Å². The Bertz CT molecular complexity index is 664. The van der Waals surface area contributed by atoms with Gasteiger partial charge in [-0.05, 0) is 52.8 Å². The highest BCUT2D eigenvalue weighted by atomic mass is 127. The fourth-order valence-electron chi connectivity index (χ4n) is 2.07. The molecule has 0 saturated carbocycles. The van der Waals surface area contributed by atoms with Crippen LogP contribution in [0.25, 0.3) is 10.9 Å². The number of methoxy groups -OCH3 is 1. The lowest BCUT2D eigenvalue weighted by atomic mass is 10.1. The monoisotopic (exact) mass is 386 g/mol. The van der Waals surface area contributed by atoms with Gasteiger partial charge in [-0.15, -0.1) is 0 Å². The zero-order valence-electron chi connectivity index (χ0n) is 11.2. The third-order valence-electron chi connectivity index (χ3n) is 3.02. The summed E-state index contributed by atoms with van der Waals surface area (Å²) in [5, 5.41) is 3.77. The lowest BCUT2D eigenvalue weighted by Crippen LogP contribution is -2.22. The molecule has 1 aromatic heterocycles. The lowest BCUT2D eigenvalue weighted by molar-refractivity contribution is -0.118. The summed E-state index contributed by atoms with van der Waals surface area (Å²) in [4.78, 5) is 25.8. The topological polar surface area (TPSA) is 71.2 Å². The standard InChI is InChI=1S/C14H15IN2O3/c1-8(18)16-6-5-10-11-7-9(14(19)20-2)3-4-12(11)17-13(10)15/h3-4,7,17H,5-6H2,1-2H3,(H,16,18). The Morgan fingerprint density at radius 3 is 2.80 bits per heavy atom. The van der Waals surface area contributed by atoms with Crippen LogP contribution in [0.4, 0.5) is 0 Å². The number of hydrogen-bond donors (Lipinski definition) is 2. The first-order valence-electron chi connectivity index (χ1n) is 6.15. The largest absolute Gasteiger partial charge is 0.465 e. The molecule has 2 aromatic rings. The van der Waals surface area contributed by atoms with E-state index in [1.807, 2.05) is 12.1 Å². The van der Waals surface area contributed by atoms with Crippen molar-refractivity contribution in [2.24, 2.45) is 0 Å². The maximum Gasteiger partial charge on any atom is 0.337 e. The summed E-state index contributed by atoms with van der Waals surface area (Å²) >= 11 is 2.22. The van der Waals surface area contributed by atoms with Crippen molar-refractivity contribution in [1.82, 2.24) is 10.3 Å². The van der Waals surface area contributed by atoms with Crippen molar-refractivity contribution in [3.8, 4) is 0 Å². The number of carbonyl (C=O) groups excluding carboxylic acids is 2. The van der Waals surface area contributed by atoms with Crippen LogP contribution < -0.4 is 5.32 Å². The maximum absolute atomic E-state index is 11.6. The minimum atomic E-state index is -0.351. The van der Waals surface area contributed by atoms with Gasteiger partial charge in [-0.2, -0.15) is 0 Å². The molecule has 2 N–H and O–H groups in total. The Balaban J connectivity index is 2.34. The van der Waals surface area contributed by atoms with Crippen LogP contribution in [0, 0.1) is 3.70 Å². The number of carbonyl (C=O) groups is 2. The molecule has 106 valence electrons. The molecule has 6 heteroatoms. The van der Waals surface area contributed by atoms with E-state index in [9.17, 15) is 9.59 Å². The molecule has 0 aliphatic heterocycles. The molecular formula is C14H15IN2O3. The van der Waals surface area contributed by atoms with Gasteiger partial charge in [-0.25, -0.2) is 4.79 Å². The molecule has 0 unspecified atom stereocenters. The predicted octanol–water partition coefficient (Wildman–Crippen LogP) is 2.24. The van der Waals surface area contributed by atoms with Crippen molar-refractivity contribution >= 4 is 45.4 Å². The Morgan fingerprint density at radius 2 is 2.15 bits per heavy atom. The van der Waals surface area contributed by atoms with Gasteiger partial charge in [0.2, 0.25) is 5.91 Å². The number of rotatable bonds is 4. The first-order chi connectivity index (χ1) is 9.52. The van der Waals surface area contributed by atoms with E-state index in [-0.39, 0.29) is 11.9 Å². The summed E-state index contributed by atoms with van der Waals surface area (Å²) in [6, 6.07) is 5.42. The van der Waals surface area contributed by atoms with Crippen LogP contribution in [0.15, 0.2) is 18.2 Å². The first-order valence-corrected chi connectivity index (χ1v) is 7.23. The second-order valence-electron chi connectivity index (χ2n) is 4.40. The van der Waals surface area contributed by atoms with Crippen LogP contribution in [0.2, 0.25) is 0 Å². The van der Waals surface area contributed by atoms with Crippen LogP contribution in [-0.2, 0) is 16.0 Å². The number of benzene rings is 1. The van der Waals surface area contributed by atoms with Gasteiger partial charge < -0.3 is 15.0 Å². The van der Waals surface area contributed by atoms with Gasteiger partial charge in [0.05, 0.1) is 16.4 Å². The Morgan fingerprint density at radius 1 is 1.40 bits per heavy atom. The number of H-pyrrole nitrogens is 1. The van der Waals surface area contributed by atoms with Crippen LogP contribution in [0.3, 0.4) is 0 Å². The number of hydrogen-bond acceptors (Lipinski definition) is 3. The Labute approximate surface area is 130 Å². The van der Waals surface area contributed by atoms with Gasteiger partial charge in [-0.1, -0.05) is 0 Å². The number of nitrogens with one attached hydrogen (secondary N) is 2. The molecule has 0 saturated heterocycles. The van der Waals surface area contributed by atoms with E-state index in [4.69, 9.17) is 4.74 Å². The van der Waals surface area contributed by atoms with E-state index in [1.165, 1.54) is 14.0 Å². The molecule has 1 heterocycles. The number of halogens is 1. The van der Waals surface area contributed by atoms with E-state index in [0.29, 0.717) is 18.5 Å². The van der Waals surface area contributed by atoms with E-state index in [0.717, 1.165) is 20.2 Å². The molecule has 1 amide bonds. The van der Waals surface area contributed by atoms with Crippen molar-refractivity contribution < 1.29 is 14.3 Å². The van der Waals surface area contributed by atoms with Crippen molar-refractivity contribution in [2.45, 2.75) is 13.3 Å². The zero-order valence-corrected chi connectivity index (χ0v) is 13.4. The molecular weight excluding hydrogens is 371 g/mol. The highest BCUT2D eigenvalue weighted by molar-refractivity contribution is 14.1. The molecule has 0 radical (unpaired) electrons. The summed E-state index contributed by atoms with van der Waals surface area (Å²) in [7, 11) is 1.37. The van der Waals surface area contributed by atoms with Gasteiger partial charge >= 0.3 is 5.97 Å². The second-order valence-corrected chi connectivity index (χ2v) is 5.48. The number of fused-ring (bicyclic) bond motifs is 1. The van der Waals surface area contributed by atoms with Gasteiger partial charge in [0.25, 0.3) is 0 Å². The zero-order chi connectivity index (χ0) is 14.7. The van der Waals surface area contributed by atoms with Gasteiger partial charge in [0.15, 0.2) is 0 Å². The van der Waals surface area contributed by atoms with Gasteiger partial charge in [0, 0.05) is 24.4 Å². The molecule has 20 heavy (non-hydrogen) atoms. The fourth-order valence-corrected chi connectivity index (χ4v) is 2.92. The highest BCUT2D eigenvalue weighted by Crippen LogP contribution is 2.25. The van der Waals surface area contributed by atoms with Crippen LogP contribution in [0.1, 0.15) is 22.8 Å². The molecule has 0 aliphatic rings. The molecule has 1 aromatic carbocycles. The molecule has 5 nitrogen and oxygen atoms in total. The number of aromatic nitrogens is 1. The number of ether oxygens (including phenoxy) is 1. The van der Waals surface area contributed by atoms with Crippen LogP contribution >= 0.6 is 22.6 Å². The Kier molecular flexibility index (Phi) is 4.64. The normalized spacial score (nSPS) is 10.6. The van der Waals surface area contributed by atoms with Gasteiger partial charge in [0.1, 0.15) is 0 Å². The summed E-state index contributed by atoms with van der Waals surface area (Å²) in [6.07, 6.45) is 0.711. The molecule has 0 fully saturated rings. The SMILES string of the molecule is COC(=O)c1ccc2[nH]c(I)c(CCNC(C)=O)c2c1. The van der Waals surface area contributed by atoms with Crippen molar-refractivity contribution in [3.05, 3.63) is 33.0 Å². The average Bonchev–Trinajstić information content (AvgIpc) is 2.73. The minimum Gasteiger partial charge on any atom is -0.465 e. The van der Waals surface area contributed by atoms with Crippen molar-refractivity contribution in [1.29, 1.82) is 0 Å². The maximum atomic E-state index is 11.6. The summed E-state index contributed by atoms with van der Waals surface area (Å²) in [5.41, 5.74) is 2.59. The molecule has 0 bridgehead atoms. The number of esters is 1. The summed E-state index contributed by atoms with van der Waals surface area (Å²) in [5.74, 6) is -0.397. The minimum absolute atomic E-state index is 0.0462. The van der Waals surface area contributed by atoms with Crippen LogP contribution in [-0.4, -0.2) is 30.5 Å². The van der Waals surface area contributed by atoms with Crippen LogP contribution in [0.5, 0.6) is 0 Å². The van der Waals surface area contributed by atoms with Crippen molar-refractivity contribution in [2.75, 3.05) is 13.7 Å². The number of aromatic amines is 1. The average molecular weight is 386 g/mol. The quantitative estimate of drug-likeness (QED) is 0.626. The third-order valence-corrected chi connectivity index (χ3v) is 3.94. The summed E-state index contributed by atoms with van der Waals surface area (Å²) in [6.45, 7) is 2.07. The lowest BCUT2D eigenvalue weighted by Gasteiger charge is -2.03. The predicted molar refractivity (Wildman–Crippen MR) is 84.7 cm³/mol. The van der Waals surface area contributed by atoms with E-state index in [1.54, 1.807) is 6.07 Å². The first kappa shape index (κ1) is 14.8. The fraction of sp³-hybridized carbons (Fsp3) is 0.286. The van der Waals surface area contributed by atoms with Gasteiger partial charge in [-0.3, -0.25) is 4.79 Å². The number of amides is 1. The van der Waals surface area contributed by atoms with Crippen molar-refractivity contribution in [3.63, 3.8) is 0 Å². The molecule has 2 rings (SSSR count). The molecule has 0 aliphatic carbocycles.